The molecular weight excluding hydrogens is 518 g/mol. The van der Waals surface area contributed by atoms with E-state index < -0.39 is 5.91 Å². The summed E-state index contributed by atoms with van der Waals surface area (Å²) in [5.74, 6) is -0.483. The molecule has 1 aliphatic heterocycles. The number of nitrogens with one attached hydrogen (secondary N) is 2. The van der Waals surface area contributed by atoms with Crippen LogP contribution < -0.4 is 16.4 Å². The van der Waals surface area contributed by atoms with Crippen molar-refractivity contribution in [1.82, 2.24) is 20.0 Å². The van der Waals surface area contributed by atoms with Crippen LogP contribution in [0.1, 0.15) is 48.2 Å². The summed E-state index contributed by atoms with van der Waals surface area (Å²) in [6.45, 7) is 14.6. The molecule has 4 N–H and O–H groups in total. The molecule has 1 aromatic carbocycles. The first-order valence-corrected chi connectivity index (χ1v) is 14.0. The summed E-state index contributed by atoms with van der Waals surface area (Å²) in [6, 6.07) is 5.24. The largest absolute Gasteiger partial charge is 0.404 e. The van der Waals surface area contributed by atoms with Gasteiger partial charge in [0, 0.05) is 55.6 Å². The Kier molecular flexibility index (Phi) is 12.1. The lowest BCUT2D eigenvalue weighted by molar-refractivity contribution is -0.112. The standard InChI is InChI=1S/C31H43N7O3/c1-6-28(34-20-27(22(2)3)25-19-35-38(21-25)15-16-41-5)26(18-32)31(40)36-29-17-24(10-9-23(29)4)30(39)33-11-14-37-12-7-8-13-37/h6,9-10,17-22H,1,7-8,11-16,32H2,2-5H3,(H,33,39)(H,36,40)/b26-18+,27-20+,34-28+. The third-order valence-corrected chi connectivity index (χ3v) is 7.00. The summed E-state index contributed by atoms with van der Waals surface area (Å²) in [5, 5.41) is 10.3. The smallest absolute Gasteiger partial charge is 0.259 e. The van der Waals surface area contributed by atoms with Crippen LogP contribution in [0.5, 0.6) is 0 Å². The summed E-state index contributed by atoms with van der Waals surface area (Å²) < 4.78 is 6.95. The number of benzene rings is 1. The van der Waals surface area contributed by atoms with Crippen molar-refractivity contribution in [3.63, 3.8) is 0 Å². The Hall–Kier alpha value is -4.02. The maximum Gasteiger partial charge on any atom is 0.259 e. The number of likely N-dealkylation sites (tertiary alicyclic amines) is 1. The molecule has 220 valence electrons. The Morgan fingerprint density at radius 2 is 1.98 bits per heavy atom. The van der Waals surface area contributed by atoms with Crippen LogP contribution in [0.3, 0.4) is 0 Å². The van der Waals surface area contributed by atoms with Gasteiger partial charge < -0.3 is 26.0 Å². The predicted octanol–water partition coefficient (Wildman–Crippen LogP) is 3.77. The molecule has 2 aromatic rings. The van der Waals surface area contributed by atoms with Crippen LogP contribution in [0, 0.1) is 12.8 Å². The lowest BCUT2D eigenvalue weighted by atomic mass is 9.99. The first-order chi connectivity index (χ1) is 19.8. The van der Waals surface area contributed by atoms with Crippen molar-refractivity contribution in [2.24, 2.45) is 16.6 Å². The first-order valence-electron chi connectivity index (χ1n) is 14.0. The van der Waals surface area contributed by atoms with Crippen molar-refractivity contribution in [2.45, 2.75) is 40.2 Å². The van der Waals surface area contributed by atoms with Gasteiger partial charge in [0.25, 0.3) is 11.8 Å². The molecular formula is C31H43N7O3. The molecule has 1 fully saturated rings. The van der Waals surface area contributed by atoms with E-state index in [9.17, 15) is 9.59 Å². The summed E-state index contributed by atoms with van der Waals surface area (Å²) in [6.07, 6.45) is 10.6. The average Bonchev–Trinajstić information content (AvgIpc) is 3.65. The van der Waals surface area contributed by atoms with E-state index in [0.717, 1.165) is 36.3 Å². The number of nitrogens with two attached hydrogens (primary N) is 1. The number of nitrogens with zero attached hydrogens (tertiary/aromatic N) is 4. The molecule has 1 aliphatic rings. The highest BCUT2D eigenvalue weighted by Gasteiger charge is 2.17. The number of aryl methyl sites for hydroxylation is 1. The number of methoxy groups -OCH3 is 1. The van der Waals surface area contributed by atoms with Crippen LogP contribution in [0.25, 0.3) is 5.57 Å². The minimum absolute atomic E-state index is 0.149. The number of anilines is 1. The molecule has 0 bridgehead atoms. The second kappa shape index (κ2) is 15.7. The van der Waals surface area contributed by atoms with Crippen molar-refractivity contribution in [3.8, 4) is 0 Å². The molecule has 0 spiro atoms. The Balaban J connectivity index is 1.73. The molecule has 0 saturated carbocycles. The van der Waals surface area contributed by atoms with Gasteiger partial charge in [-0.25, -0.2) is 0 Å². The van der Waals surface area contributed by atoms with Gasteiger partial charge in [-0.3, -0.25) is 19.3 Å². The number of rotatable bonds is 14. The van der Waals surface area contributed by atoms with Crippen molar-refractivity contribution >= 4 is 28.8 Å². The second-order valence-electron chi connectivity index (χ2n) is 10.3. The SMILES string of the molecule is C=CC(=N\C=C(\c1cnn(CCOC)c1)C(C)C)/C(=C\N)C(=O)Nc1cc(C(=O)NCCN2CCCC2)ccc1C. The fourth-order valence-corrected chi connectivity index (χ4v) is 4.55. The first kappa shape index (κ1) is 31.5. The second-order valence-corrected chi connectivity index (χ2v) is 10.3. The van der Waals surface area contributed by atoms with Gasteiger partial charge in [-0.1, -0.05) is 26.5 Å². The minimum Gasteiger partial charge on any atom is -0.404 e. The van der Waals surface area contributed by atoms with Crippen LogP contribution in [-0.4, -0.2) is 72.1 Å². The predicted molar refractivity (Wildman–Crippen MR) is 165 cm³/mol. The van der Waals surface area contributed by atoms with E-state index in [1.165, 1.54) is 25.1 Å². The molecule has 0 atom stereocenters. The number of amides is 2. The van der Waals surface area contributed by atoms with Gasteiger partial charge in [-0.05, 0) is 68.1 Å². The highest BCUT2D eigenvalue weighted by Crippen LogP contribution is 2.23. The lowest BCUT2D eigenvalue weighted by Gasteiger charge is -2.15. The Labute approximate surface area is 243 Å². The summed E-state index contributed by atoms with van der Waals surface area (Å²) in [4.78, 5) is 33.0. The van der Waals surface area contributed by atoms with Crippen LogP contribution in [0.2, 0.25) is 0 Å². The molecule has 3 rings (SSSR count). The Bertz CT molecular complexity index is 1300. The molecule has 1 saturated heterocycles. The van der Waals surface area contributed by atoms with Gasteiger partial charge in [0.1, 0.15) is 0 Å². The van der Waals surface area contributed by atoms with E-state index in [0.29, 0.717) is 36.7 Å². The van der Waals surface area contributed by atoms with Crippen LogP contribution >= 0.6 is 0 Å². The van der Waals surface area contributed by atoms with Gasteiger partial charge in [0.15, 0.2) is 0 Å². The van der Waals surface area contributed by atoms with Gasteiger partial charge >= 0.3 is 0 Å². The number of aliphatic imine (C=N–C) groups is 1. The van der Waals surface area contributed by atoms with Gasteiger partial charge in [0.2, 0.25) is 0 Å². The average molecular weight is 562 g/mol. The zero-order valence-electron chi connectivity index (χ0n) is 24.7. The molecule has 0 unspecified atom stereocenters. The molecule has 1 aromatic heterocycles. The number of carbonyl (C=O) groups excluding carboxylic acids is 2. The maximum atomic E-state index is 13.3. The van der Waals surface area contributed by atoms with Crippen LogP contribution in [0.4, 0.5) is 5.69 Å². The number of hydrogen-bond donors (Lipinski definition) is 3. The van der Waals surface area contributed by atoms with Crippen molar-refractivity contribution < 1.29 is 14.3 Å². The molecule has 41 heavy (non-hydrogen) atoms. The minimum atomic E-state index is -0.451. The van der Waals surface area contributed by atoms with E-state index >= 15 is 0 Å². The Morgan fingerprint density at radius 3 is 2.63 bits per heavy atom. The summed E-state index contributed by atoms with van der Waals surface area (Å²) in [5.41, 5.74) is 10.1. The topological polar surface area (TPSA) is 127 Å². The van der Waals surface area contributed by atoms with E-state index in [1.807, 2.05) is 23.9 Å². The highest BCUT2D eigenvalue weighted by molar-refractivity contribution is 6.29. The molecule has 0 radical (unpaired) electrons. The zero-order chi connectivity index (χ0) is 29.8. The number of aromatic nitrogens is 2. The quantitative estimate of drug-likeness (QED) is 0.238. The normalized spacial score (nSPS) is 14.9. The maximum absolute atomic E-state index is 13.3. The van der Waals surface area contributed by atoms with E-state index in [1.54, 1.807) is 31.6 Å². The summed E-state index contributed by atoms with van der Waals surface area (Å²) in [7, 11) is 1.65. The van der Waals surface area contributed by atoms with E-state index in [-0.39, 0.29) is 17.4 Å². The monoisotopic (exact) mass is 561 g/mol. The third kappa shape index (κ3) is 8.99. The fraction of sp³-hybridized carbons (Fsp3) is 0.419. The van der Waals surface area contributed by atoms with Gasteiger partial charge in [-0.2, -0.15) is 5.10 Å². The van der Waals surface area contributed by atoms with Crippen molar-refractivity contribution in [1.29, 1.82) is 0 Å². The number of hydrogen-bond acceptors (Lipinski definition) is 7. The molecule has 2 heterocycles. The zero-order valence-corrected chi connectivity index (χ0v) is 24.7. The number of ether oxygens (including phenoxy) is 1. The number of carbonyl (C=O) groups is 2. The van der Waals surface area contributed by atoms with E-state index in [4.69, 9.17) is 10.5 Å². The molecule has 2 amide bonds. The van der Waals surface area contributed by atoms with Crippen LogP contribution in [0.15, 0.2) is 66.2 Å². The molecule has 0 aliphatic carbocycles. The van der Waals surface area contributed by atoms with Crippen molar-refractivity contribution in [3.05, 3.63) is 77.9 Å². The van der Waals surface area contributed by atoms with E-state index in [2.05, 4.69) is 46.1 Å². The highest BCUT2D eigenvalue weighted by atomic mass is 16.5. The molecule has 10 nitrogen and oxygen atoms in total. The van der Waals surface area contributed by atoms with Crippen molar-refractivity contribution in [2.75, 3.05) is 45.2 Å². The number of allylic oxidation sites excluding steroid dienone is 2. The molecule has 10 heteroatoms. The van der Waals surface area contributed by atoms with Gasteiger partial charge in [0.05, 0.1) is 30.6 Å². The third-order valence-electron chi connectivity index (χ3n) is 7.00. The van der Waals surface area contributed by atoms with Gasteiger partial charge in [-0.15, -0.1) is 0 Å². The van der Waals surface area contributed by atoms with Crippen LogP contribution in [-0.2, 0) is 16.1 Å². The Morgan fingerprint density at radius 1 is 1.22 bits per heavy atom. The summed E-state index contributed by atoms with van der Waals surface area (Å²) >= 11 is 0. The lowest BCUT2D eigenvalue weighted by Crippen LogP contribution is -2.33. The fourth-order valence-electron chi connectivity index (χ4n) is 4.55.